The number of benzene rings is 1. The first-order chi connectivity index (χ1) is 9.95. The van der Waals surface area contributed by atoms with Gasteiger partial charge in [0.1, 0.15) is 0 Å². The zero-order valence-corrected chi connectivity index (χ0v) is 14.9. The summed E-state index contributed by atoms with van der Waals surface area (Å²) in [7, 11) is 1.68. The van der Waals surface area contributed by atoms with Crippen molar-refractivity contribution in [1.29, 1.82) is 0 Å². The van der Waals surface area contributed by atoms with E-state index in [1.807, 2.05) is 0 Å². The number of aryl methyl sites for hydroxylation is 1. The largest absolute Gasteiger partial charge is 0.383 e. The van der Waals surface area contributed by atoms with Crippen LogP contribution in [0.3, 0.4) is 0 Å². The highest BCUT2D eigenvalue weighted by molar-refractivity contribution is 5.85. The molecule has 0 heterocycles. The van der Waals surface area contributed by atoms with Crippen molar-refractivity contribution in [2.75, 3.05) is 33.4 Å². The summed E-state index contributed by atoms with van der Waals surface area (Å²) in [6.45, 7) is 9.18. The van der Waals surface area contributed by atoms with Crippen LogP contribution in [0.2, 0.25) is 0 Å². The fourth-order valence-corrected chi connectivity index (χ4v) is 2.16. The number of hydrogen-bond acceptors (Lipinski definition) is 3. The lowest BCUT2D eigenvalue weighted by molar-refractivity contribution is -0.122. The molecule has 0 bridgehead atoms. The average molecular weight is 329 g/mol. The Bertz CT molecular complexity index is 433. The van der Waals surface area contributed by atoms with Crippen molar-refractivity contribution < 1.29 is 9.53 Å². The summed E-state index contributed by atoms with van der Waals surface area (Å²) < 4.78 is 4.94. The summed E-state index contributed by atoms with van der Waals surface area (Å²) in [5, 5.41) is 6.16. The van der Waals surface area contributed by atoms with Crippen molar-refractivity contribution in [1.82, 2.24) is 10.6 Å². The predicted molar refractivity (Wildman–Crippen MR) is 93.8 cm³/mol. The number of amides is 1. The van der Waals surface area contributed by atoms with Gasteiger partial charge in [0.25, 0.3) is 0 Å². The number of carbonyl (C=O) groups excluding carboxylic acids is 1. The normalized spacial score (nSPS) is 10.9. The molecule has 0 atom stereocenters. The molecular formula is C17H29ClN2O2. The quantitative estimate of drug-likeness (QED) is 0.685. The Morgan fingerprint density at radius 2 is 1.77 bits per heavy atom. The lowest BCUT2D eigenvalue weighted by atomic mass is 9.81. The molecule has 0 unspecified atom stereocenters. The highest BCUT2D eigenvalue weighted by Crippen LogP contribution is 2.27. The molecule has 0 aromatic heterocycles. The SMILES string of the molecule is COCCNCCNC(=O)CC(C)(C)c1ccc(C)cc1.Cl. The minimum Gasteiger partial charge on any atom is -0.383 e. The van der Waals surface area contributed by atoms with Gasteiger partial charge in [-0.25, -0.2) is 0 Å². The molecule has 0 aliphatic carbocycles. The molecule has 4 nitrogen and oxygen atoms in total. The molecule has 0 aliphatic heterocycles. The van der Waals surface area contributed by atoms with Gasteiger partial charge < -0.3 is 15.4 Å². The third-order valence-electron chi connectivity index (χ3n) is 3.54. The van der Waals surface area contributed by atoms with Crippen LogP contribution in [0.4, 0.5) is 0 Å². The monoisotopic (exact) mass is 328 g/mol. The summed E-state index contributed by atoms with van der Waals surface area (Å²) >= 11 is 0. The van der Waals surface area contributed by atoms with E-state index in [9.17, 15) is 4.79 Å². The molecule has 0 saturated heterocycles. The smallest absolute Gasteiger partial charge is 0.220 e. The van der Waals surface area contributed by atoms with E-state index in [1.165, 1.54) is 11.1 Å². The van der Waals surface area contributed by atoms with Crippen LogP contribution in [-0.2, 0) is 14.9 Å². The van der Waals surface area contributed by atoms with E-state index in [-0.39, 0.29) is 23.7 Å². The van der Waals surface area contributed by atoms with Crippen molar-refractivity contribution in [2.45, 2.75) is 32.6 Å². The molecule has 126 valence electrons. The van der Waals surface area contributed by atoms with Crippen LogP contribution in [0.5, 0.6) is 0 Å². The highest BCUT2D eigenvalue weighted by Gasteiger charge is 2.23. The first-order valence-corrected chi connectivity index (χ1v) is 7.49. The van der Waals surface area contributed by atoms with Gasteiger partial charge in [0, 0.05) is 33.2 Å². The van der Waals surface area contributed by atoms with Gasteiger partial charge in [0.2, 0.25) is 5.91 Å². The topological polar surface area (TPSA) is 50.4 Å². The number of hydrogen-bond donors (Lipinski definition) is 2. The van der Waals surface area contributed by atoms with Crippen molar-refractivity contribution in [3.63, 3.8) is 0 Å². The molecule has 0 aliphatic rings. The fourth-order valence-electron chi connectivity index (χ4n) is 2.16. The van der Waals surface area contributed by atoms with E-state index < -0.39 is 0 Å². The number of halogens is 1. The molecule has 2 N–H and O–H groups in total. The lowest BCUT2D eigenvalue weighted by Gasteiger charge is -2.24. The van der Waals surface area contributed by atoms with Gasteiger partial charge in [-0.15, -0.1) is 12.4 Å². The average Bonchev–Trinajstić information content (AvgIpc) is 2.42. The Hall–Kier alpha value is -1.10. The lowest BCUT2D eigenvalue weighted by Crippen LogP contribution is -2.36. The Labute approximate surface area is 140 Å². The van der Waals surface area contributed by atoms with Crippen LogP contribution in [0.1, 0.15) is 31.4 Å². The maximum absolute atomic E-state index is 12.0. The minimum atomic E-state index is -0.152. The van der Waals surface area contributed by atoms with Gasteiger partial charge in [-0.3, -0.25) is 4.79 Å². The van der Waals surface area contributed by atoms with E-state index >= 15 is 0 Å². The predicted octanol–water partition coefficient (Wildman–Crippen LogP) is 2.44. The zero-order chi connectivity index (χ0) is 15.7. The van der Waals surface area contributed by atoms with Crippen LogP contribution in [0.15, 0.2) is 24.3 Å². The van der Waals surface area contributed by atoms with Gasteiger partial charge >= 0.3 is 0 Å². The maximum Gasteiger partial charge on any atom is 0.220 e. The molecular weight excluding hydrogens is 300 g/mol. The van der Waals surface area contributed by atoms with Crippen molar-refractivity contribution in [3.8, 4) is 0 Å². The Balaban J connectivity index is 0.00000441. The summed E-state index contributed by atoms with van der Waals surface area (Å²) in [5.41, 5.74) is 2.28. The molecule has 0 fully saturated rings. The second-order valence-electron chi connectivity index (χ2n) is 6.02. The van der Waals surface area contributed by atoms with E-state index in [0.717, 1.165) is 13.1 Å². The van der Waals surface area contributed by atoms with Gasteiger partial charge in [0.15, 0.2) is 0 Å². The second kappa shape index (κ2) is 10.6. The Morgan fingerprint density at radius 3 is 2.36 bits per heavy atom. The van der Waals surface area contributed by atoms with Gasteiger partial charge in [-0.1, -0.05) is 43.7 Å². The molecule has 1 amide bonds. The molecule has 22 heavy (non-hydrogen) atoms. The van der Waals surface area contributed by atoms with Crippen LogP contribution in [0.25, 0.3) is 0 Å². The van der Waals surface area contributed by atoms with Gasteiger partial charge in [0.05, 0.1) is 6.61 Å². The Morgan fingerprint density at radius 1 is 1.14 bits per heavy atom. The molecule has 0 radical (unpaired) electrons. The third-order valence-corrected chi connectivity index (χ3v) is 3.54. The summed E-state index contributed by atoms with van der Waals surface area (Å²) in [6.07, 6.45) is 0.494. The molecule has 0 spiro atoms. The highest BCUT2D eigenvalue weighted by atomic mass is 35.5. The van der Waals surface area contributed by atoms with E-state index in [2.05, 4.69) is 55.7 Å². The first kappa shape index (κ1) is 20.9. The van der Waals surface area contributed by atoms with Gasteiger partial charge in [-0.2, -0.15) is 0 Å². The molecule has 1 aromatic carbocycles. The van der Waals surface area contributed by atoms with Crippen LogP contribution >= 0.6 is 12.4 Å². The number of carbonyl (C=O) groups is 1. The molecule has 1 aromatic rings. The van der Waals surface area contributed by atoms with Crippen molar-refractivity contribution in [3.05, 3.63) is 35.4 Å². The summed E-state index contributed by atoms with van der Waals surface area (Å²) in [5.74, 6) is 0.0918. The van der Waals surface area contributed by atoms with E-state index in [0.29, 0.717) is 19.6 Å². The molecule has 0 saturated carbocycles. The fraction of sp³-hybridized carbons (Fsp3) is 0.588. The minimum absolute atomic E-state index is 0. The van der Waals surface area contributed by atoms with Crippen molar-refractivity contribution >= 4 is 18.3 Å². The number of nitrogens with one attached hydrogen (secondary N) is 2. The molecule has 5 heteroatoms. The number of ether oxygens (including phenoxy) is 1. The van der Waals surface area contributed by atoms with Crippen LogP contribution < -0.4 is 10.6 Å². The van der Waals surface area contributed by atoms with Crippen LogP contribution in [-0.4, -0.2) is 39.3 Å². The van der Waals surface area contributed by atoms with E-state index in [4.69, 9.17) is 4.74 Å². The summed E-state index contributed by atoms with van der Waals surface area (Å²) in [6, 6.07) is 8.40. The standard InChI is InChI=1S/C17H28N2O2.ClH/c1-14-5-7-15(8-6-14)17(2,3)13-16(20)19-10-9-18-11-12-21-4;/h5-8,18H,9-13H2,1-4H3,(H,19,20);1H. The van der Waals surface area contributed by atoms with Gasteiger partial charge in [-0.05, 0) is 17.9 Å². The van der Waals surface area contributed by atoms with E-state index in [1.54, 1.807) is 7.11 Å². The number of rotatable bonds is 9. The van der Waals surface area contributed by atoms with Crippen molar-refractivity contribution in [2.24, 2.45) is 0 Å². The third kappa shape index (κ3) is 7.78. The zero-order valence-electron chi connectivity index (χ0n) is 14.1. The summed E-state index contributed by atoms with van der Waals surface area (Å²) in [4.78, 5) is 12.0. The second-order valence-corrected chi connectivity index (χ2v) is 6.02. The number of methoxy groups -OCH3 is 1. The van der Waals surface area contributed by atoms with Crippen LogP contribution in [0, 0.1) is 6.92 Å². The maximum atomic E-state index is 12.0. The molecule has 1 rings (SSSR count). The Kier molecular flexibility index (Phi) is 10.1. The first-order valence-electron chi connectivity index (χ1n) is 7.49.